The molecule has 0 saturated carbocycles. The Balaban J connectivity index is 1.61. The third kappa shape index (κ3) is 4.82. The highest BCUT2D eigenvalue weighted by molar-refractivity contribution is 5.96. The lowest BCUT2D eigenvalue weighted by molar-refractivity contribution is -0.121. The summed E-state index contributed by atoms with van der Waals surface area (Å²) in [6.07, 6.45) is 0. The molecule has 6 nitrogen and oxygen atoms in total. The van der Waals surface area contributed by atoms with Crippen molar-refractivity contribution >= 4 is 11.8 Å². The summed E-state index contributed by atoms with van der Waals surface area (Å²) in [6.45, 7) is 7.00. The maximum absolute atomic E-state index is 12.4. The van der Waals surface area contributed by atoms with E-state index >= 15 is 0 Å². The van der Waals surface area contributed by atoms with Gasteiger partial charge in [0.05, 0.1) is 12.6 Å². The second-order valence-corrected chi connectivity index (χ2v) is 7.24. The van der Waals surface area contributed by atoms with E-state index in [2.05, 4.69) is 10.6 Å². The van der Waals surface area contributed by atoms with Gasteiger partial charge in [0.25, 0.3) is 5.91 Å². The zero-order chi connectivity index (χ0) is 20.1. The monoisotopic (exact) mass is 382 g/mol. The number of aryl methyl sites for hydroxylation is 1. The van der Waals surface area contributed by atoms with Crippen LogP contribution in [-0.2, 0) is 4.79 Å². The molecular formula is C22H26N2O4. The number of nitrogens with one attached hydrogen (secondary N) is 2. The molecule has 0 aliphatic carbocycles. The quantitative estimate of drug-likeness (QED) is 0.805. The van der Waals surface area contributed by atoms with Crippen LogP contribution in [0.2, 0.25) is 0 Å². The zero-order valence-corrected chi connectivity index (χ0v) is 16.5. The molecule has 1 aliphatic heterocycles. The number of carbonyl (C=O) groups excluding carboxylic acids is 2. The van der Waals surface area contributed by atoms with Crippen LogP contribution in [0.5, 0.6) is 11.5 Å². The van der Waals surface area contributed by atoms with Gasteiger partial charge in [0.2, 0.25) is 5.91 Å². The minimum absolute atomic E-state index is 0.0829. The molecule has 148 valence electrons. The van der Waals surface area contributed by atoms with Gasteiger partial charge >= 0.3 is 0 Å². The number of amides is 2. The topological polar surface area (TPSA) is 76.7 Å². The molecule has 2 aromatic rings. The fourth-order valence-electron chi connectivity index (χ4n) is 3.08. The number of hydrogen-bond acceptors (Lipinski definition) is 4. The minimum atomic E-state index is -0.268. The van der Waals surface area contributed by atoms with E-state index in [0.717, 1.165) is 11.1 Å². The Morgan fingerprint density at radius 2 is 1.68 bits per heavy atom. The third-order valence-corrected chi connectivity index (χ3v) is 4.63. The van der Waals surface area contributed by atoms with Crippen molar-refractivity contribution in [2.24, 2.45) is 5.92 Å². The molecule has 0 saturated heterocycles. The van der Waals surface area contributed by atoms with Crippen molar-refractivity contribution in [2.75, 3.05) is 19.8 Å². The molecule has 0 aromatic heterocycles. The van der Waals surface area contributed by atoms with Crippen molar-refractivity contribution in [2.45, 2.75) is 26.8 Å². The standard InChI is InChI=1S/C22H26N2O4/c1-14(2)21(17-8-9-18-19(12-17)28-11-10-27-18)24-20(25)13-23-22(26)16-6-4-15(3)5-7-16/h4-9,12,14,21H,10-11,13H2,1-3H3,(H,23,26)(H,24,25). The van der Waals surface area contributed by atoms with Crippen LogP contribution in [0, 0.1) is 12.8 Å². The van der Waals surface area contributed by atoms with Crippen LogP contribution in [0.3, 0.4) is 0 Å². The first-order valence-corrected chi connectivity index (χ1v) is 9.48. The number of benzene rings is 2. The van der Waals surface area contributed by atoms with Crippen LogP contribution in [0.4, 0.5) is 0 Å². The average molecular weight is 382 g/mol. The van der Waals surface area contributed by atoms with Gasteiger partial charge in [-0.05, 0) is 42.7 Å². The van der Waals surface area contributed by atoms with Crippen LogP contribution in [0.15, 0.2) is 42.5 Å². The Hall–Kier alpha value is -3.02. The van der Waals surface area contributed by atoms with E-state index in [9.17, 15) is 9.59 Å². The van der Waals surface area contributed by atoms with E-state index < -0.39 is 0 Å². The Morgan fingerprint density at radius 1 is 1.00 bits per heavy atom. The highest BCUT2D eigenvalue weighted by Crippen LogP contribution is 2.34. The predicted octanol–water partition coefficient (Wildman–Crippen LogP) is 3.01. The van der Waals surface area contributed by atoms with Crippen LogP contribution < -0.4 is 20.1 Å². The van der Waals surface area contributed by atoms with E-state index in [1.165, 1.54) is 0 Å². The molecule has 6 heteroatoms. The number of rotatable bonds is 6. The second kappa shape index (κ2) is 8.78. The molecule has 2 amide bonds. The molecular weight excluding hydrogens is 356 g/mol. The SMILES string of the molecule is Cc1ccc(C(=O)NCC(=O)NC(c2ccc3c(c2)OCCO3)C(C)C)cc1. The lowest BCUT2D eigenvalue weighted by Gasteiger charge is -2.25. The van der Waals surface area contributed by atoms with Crippen molar-refractivity contribution in [1.82, 2.24) is 10.6 Å². The molecule has 28 heavy (non-hydrogen) atoms. The van der Waals surface area contributed by atoms with E-state index in [-0.39, 0.29) is 30.3 Å². The highest BCUT2D eigenvalue weighted by Gasteiger charge is 2.21. The van der Waals surface area contributed by atoms with E-state index in [4.69, 9.17) is 9.47 Å². The van der Waals surface area contributed by atoms with Gasteiger partial charge in [0.1, 0.15) is 13.2 Å². The van der Waals surface area contributed by atoms with Crippen LogP contribution in [0.25, 0.3) is 0 Å². The second-order valence-electron chi connectivity index (χ2n) is 7.24. The summed E-state index contributed by atoms with van der Waals surface area (Å²) in [5, 5.41) is 5.67. The van der Waals surface area contributed by atoms with Gasteiger partial charge in [-0.25, -0.2) is 0 Å². The molecule has 0 spiro atoms. The van der Waals surface area contributed by atoms with Gasteiger partial charge in [-0.2, -0.15) is 0 Å². The first-order valence-electron chi connectivity index (χ1n) is 9.48. The summed E-state index contributed by atoms with van der Waals surface area (Å²) < 4.78 is 11.2. The van der Waals surface area contributed by atoms with Gasteiger partial charge in [0, 0.05) is 5.56 Å². The van der Waals surface area contributed by atoms with Gasteiger partial charge in [-0.3, -0.25) is 9.59 Å². The van der Waals surface area contributed by atoms with Gasteiger partial charge in [-0.1, -0.05) is 37.6 Å². The molecule has 0 radical (unpaired) electrons. The Bertz CT molecular complexity index is 846. The molecule has 1 unspecified atom stereocenters. The first kappa shape index (κ1) is 19.7. The lowest BCUT2D eigenvalue weighted by Crippen LogP contribution is -2.40. The third-order valence-electron chi connectivity index (χ3n) is 4.63. The summed E-state index contributed by atoms with van der Waals surface area (Å²) in [6, 6.07) is 12.7. The molecule has 2 N–H and O–H groups in total. The summed E-state index contributed by atoms with van der Waals surface area (Å²) in [5.74, 6) is 1.06. The maximum atomic E-state index is 12.4. The maximum Gasteiger partial charge on any atom is 0.251 e. The fourth-order valence-corrected chi connectivity index (χ4v) is 3.08. The van der Waals surface area contributed by atoms with Crippen molar-refractivity contribution in [1.29, 1.82) is 0 Å². The van der Waals surface area contributed by atoms with E-state index in [0.29, 0.717) is 30.3 Å². The van der Waals surface area contributed by atoms with Gasteiger partial charge < -0.3 is 20.1 Å². The first-order chi connectivity index (χ1) is 13.4. The van der Waals surface area contributed by atoms with E-state index in [1.807, 2.05) is 51.1 Å². The fraction of sp³-hybridized carbons (Fsp3) is 0.364. The van der Waals surface area contributed by atoms with Gasteiger partial charge in [-0.15, -0.1) is 0 Å². The highest BCUT2D eigenvalue weighted by atomic mass is 16.6. The normalized spacial score (nSPS) is 13.7. The summed E-state index contributed by atoms with van der Waals surface area (Å²) in [7, 11) is 0. The smallest absolute Gasteiger partial charge is 0.251 e. The Kier molecular flexibility index (Phi) is 6.19. The van der Waals surface area contributed by atoms with Crippen molar-refractivity contribution in [3.63, 3.8) is 0 Å². The lowest BCUT2D eigenvalue weighted by atomic mass is 9.95. The summed E-state index contributed by atoms with van der Waals surface area (Å²) in [5.41, 5.74) is 2.55. The molecule has 0 bridgehead atoms. The van der Waals surface area contributed by atoms with E-state index in [1.54, 1.807) is 12.1 Å². The average Bonchev–Trinajstić information content (AvgIpc) is 2.70. The number of ether oxygens (including phenoxy) is 2. The molecule has 0 fully saturated rings. The Morgan fingerprint density at radius 3 is 2.36 bits per heavy atom. The number of carbonyl (C=O) groups is 2. The number of hydrogen-bond donors (Lipinski definition) is 2. The summed E-state index contributed by atoms with van der Waals surface area (Å²) in [4.78, 5) is 24.6. The van der Waals surface area contributed by atoms with Crippen molar-refractivity contribution in [3.8, 4) is 11.5 Å². The Labute approximate surface area is 165 Å². The zero-order valence-electron chi connectivity index (χ0n) is 16.5. The summed E-state index contributed by atoms with van der Waals surface area (Å²) >= 11 is 0. The van der Waals surface area contributed by atoms with Crippen LogP contribution in [0.1, 0.15) is 41.4 Å². The van der Waals surface area contributed by atoms with Crippen LogP contribution >= 0.6 is 0 Å². The predicted molar refractivity (Wildman–Crippen MR) is 107 cm³/mol. The minimum Gasteiger partial charge on any atom is -0.486 e. The molecule has 2 aromatic carbocycles. The number of fused-ring (bicyclic) bond motifs is 1. The largest absolute Gasteiger partial charge is 0.486 e. The van der Waals surface area contributed by atoms with Gasteiger partial charge in [0.15, 0.2) is 11.5 Å². The molecule has 1 aliphatic rings. The molecule has 3 rings (SSSR count). The van der Waals surface area contributed by atoms with Crippen molar-refractivity contribution < 1.29 is 19.1 Å². The van der Waals surface area contributed by atoms with Crippen LogP contribution in [-0.4, -0.2) is 31.6 Å². The molecule has 1 atom stereocenters. The molecule has 1 heterocycles. The van der Waals surface area contributed by atoms with Crippen molar-refractivity contribution in [3.05, 3.63) is 59.2 Å².